The molecule has 0 saturated heterocycles. The predicted molar refractivity (Wildman–Crippen MR) is 114 cm³/mol. The smallest absolute Gasteiger partial charge is 0.244 e. The first-order valence-electron chi connectivity index (χ1n) is 9.47. The Morgan fingerprint density at radius 3 is 2.41 bits per heavy atom. The van der Waals surface area contributed by atoms with Gasteiger partial charge in [0, 0.05) is 31.1 Å². The van der Waals surface area contributed by atoms with Crippen molar-refractivity contribution < 1.29 is 17.6 Å². The Bertz CT molecular complexity index is 1080. The highest BCUT2D eigenvalue weighted by Crippen LogP contribution is 2.19. The molecule has 6 nitrogen and oxygen atoms in total. The van der Waals surface area contributed by atoms with Crippen LogP contribution in [0.1, 0.15) is 25.2 Å². The van der Waals surface area contributed by atoms with Crippen LogP contribution in [0.25, 0.3) is 17.0 Å². The van der Waals surface area contributed by atoms with E-state index in [4.69, 9.17) is 4.42 Å². The molecular formula is C22H24N2O4S. The van der Waals surface area contributed by atoms with Crippen molar-refractivity contribution in [2.24, 2.45) is 0 Å². The molecule has 2 aromatic carbocycles. The number of amides is 1. The van der Waals surface area contributed by atoms with Crippen LogP contribution in [-0.4, -0.2) is 31.7 Å². The standard InChI is InChI=1S/C22H24N2O4S/c1-3-24(4-2)29(26,27)20-12-9-17(10-13-20)16-23-22(25)14-11-19-15-18-7-5-6-8-21(18)28-19/h5-15H,3-4,16H2,1-2H3,(H,23,25)/b14-11+. The molecule has 0 atom stereocenters. The lowest BCUT2D eigenvalue weighted by molar-refractivity contribution is -0.116. The fourth-order valence-electron chi connectivity index (χ4n) is 2.98. The average molecular weight is 413 g/mol. The van der Waals surface area contributed by atoms with Gasteiger partial charge in [0.05, 0.1) is 4.90 Å². The quantitative estimate of drug-likeness (QED) is 0.571. The summed E-state index contributed by atoms with van der Waals surface area (Å²) >= 11 is 0. The fraction of sp³-hybridized carbons (Fsp3) is 0.227. The summed E-state index contributed by atoms with van der Waals surface area (Å²) in [6.07, 6.45) is 3.03. The molecule has 1 amide bonds. The maximum atomic E-state index is 12.5. The lowest BCUT2D eigenvalue weighted by atomic mass is 10.2. The van der Waals surface area contributed by atoms with Gasteiger partial charge in [-0.15, -0.1) is 0 Å². The Balaban J connectivity index is 1.58. The molecule has 7 heteroatoms. The van der Waals surface area contributed by atoms with E-state index in [1.54, 1.807) is 30.3 Å². The largest absolute Gasteiger partial charge is 0.457 e. The minimum atomic E-state index is -3.48. The number of para-hydroxylation sites is 1. The molecule has 152 valence electrons. The zero-order valence-corrected chi connectivity index (χ0v) is 17.3. The van der Waals surface area contributed by atoms with Crippen LogP contribution in [0.15, 0.2) is 70.0 Å². The van der Waals surface area contributed by atoms with E-state index in [2.05, 4.69) is 5.32 Å². The zero-order valence-electron chi connectivity index (χ0n) is 16.5. The van der Waals surface area contributed by atoms with Crippen LogP contribution in [0.3, 0.4) is 0 Å². The monoisotopic (exact) mass is 412 g/mol. The number of hydrogen-bond donors (Lipinski definition) is 1. The van der Waals surface area contributed by atoms with Crippen LogP contribution in [-0.2, 0) is 21.4 Å². The number of benzene rings is 2. The van der Waals surface area contributed by atoms with Crippen molar-refractivity contribution >= 4 is 33.0 Å². The summed E-state index contributed by atoms with van der Waals surface area (Å²) in [7, 11) is -3.48. The Hall–Kier alpha value is -2.90. The van der Waals surface area contributed by atoms with E-state index in [0.717, 1.165) is 16.5 Å². The molecule has 3 rings (SSSR count). The van der Waals surface area contributed by atoms with Crippen molar-refractivity contribution in [3.63, 3.8) is 0 Å². The first kappa shape index (κ1) is 20.8. The zero-order chi connectivity index (χ0) is 20.9. The highest BCUT2D eigenvalue weighted by Gasteiger charge is 2.21. The Morgan fingerprint density at radius 2 is 1.76 bits per heavy atom. The van der Waals surface area contributed by atoms with Crippen molar-refractivity contribution in [3.05, 3.63) is 72.0 Å². The number of hydrogen-bond acceptors (Lipinski definition) is 4. The van der Waals surface area contributed by atoms with Gasteiger partial charge in [-0.2, -0.15) is 4.31 Å². The van der Waals surface area contributed by atoms with Crippen LogP contribution in [0.2, 0.25) is 0 Å². The molecule has 0 saturated carbocycles. The van der Waals surface area contributed by atoms with E-state index in [-0.39, 0.29) is 10.8 Å². The van der Waals surface area contributed by atoms with Crippen LogP contribution in [0, 0.1) is 0 Å². The van der Waals surface area contributed by atoms with E-state index >= 15 is 0 Å². The highest BCUT2D eigenvalue weighted by molar-refractivity contribution is 7.89. The molecule has 0 spiro atoms. The second-order valence-electron chi connectivity index (χ2n) is 6.47. The van der Waals surface area contributed by atoms with Gasteiger partial charge in [0.2, 0.25) is 15.9 Å². The summed E-state index contributed by atoms with van der Waals surface area (Å²) in [5.41, 5.74) is 1.58. The number of nitrogens with zero attached hydrogens (tertiary/aromatic N) is 1. The maximum absolute atomic E-state index is 12.5. The highest BCUT2D eigenvalue weighted by atomic mass is 32.2. The third-order valence-corrected chi connectivity index (χ3v) is 6.64. The molecule has 0 aliphatic rings. The lowest BCUT2D eigenvalue weighted by Crippen LogP contribution is -2.30. The van der Waals surface area contributed by atoms with E-state index in [1.807, 2.05) is 44.2 Å². The van der Waals surface area contributed by atoms with Crippen molar-refractivity contribution in [1.82, 2.24) is 9.62 Å². The number of fused-ring (bicyclic) bond motifs is 1. The number of nitrogens with one attached hydrogen (secondary N) is 1. The molecule has 1 heterocycles. The van der Waals surface area contributed by atoms with Crippen molar-refractivity contribution in [2.75, 3.05) is 13.1 Å². The fourth-order valence-corrected chi connectivity index (χ4v) is 4.44. The topological polar surface area (TPSA) is 79.6 Å². The summed E-state index contributed by atoms with van der Waals surface area (Å²) in [6.45, 7) is 4.77. The summed E-state index contributed by atoms with van der Waals surface area (Å²) in [5.74, 6) is 0.345. The van der Waals surface area contributed by atoms with Gasteiger partial charge in [-0.1, -0.05) is 44.2 Å². The van der Waals surface area contributed by atoms with E-state index < -0.39 is 10.0 Å². The van der Waals surface area contributed by atoms with Crippen molar-refractivity contribution in [1.29, 1.82) is 0 Å². The second kappa shape index (κ2) is 9.07. The number of furan rings is 1. The van der Waals surface area contributed by atoms with Gasteiger partial charge in [-0.3, -0.25) is 4.79 Å². The van der Waals surface area contributed by atoms with Gasteiger partial charge >= 0.3 is 0 Å². The molecule has 0 bridgehead atoms. The van der Waals surface area contributed by atoms with Crippen LogP contribution >= 0.6 is 0 Å². The third-order valence-electron chi connectivity index (χ3n) is 4.58. The van der Waals surface area contributed by atoms with Gasteiger partial charge in [-0.05, 0) is 35.9 Å². The van der Waals surface area contributed by atoms with Gasteiger partial charge in [-0.25, -0.2) is 8.42 Å². The van der Waals surface area contributed by atoms with Gasteiger partial charge < -0.3 is 9.73 Å². The number of carbonyl (C=O) groups is 1. The second-order valence-corrected chi connectivity index (χ2v) is 8.41. The number of carbonyl (C=O) groups excluding carboxylic acids is 1. The molecule has 0 unspecified atom stereocenters. The molecule has 0 radical (unpaired) electrons. The van der Waals surface area contributed by atoms with E-state index in [1.165, 1.54) is 10.4 Å². The summed E-state index contributed by atoms with van der Waals surface area (Å²) in [6, 6.07) is 16.1. The van der Waals surface area contributed by atoms with Crippen LogP contribution in [0.4, 0.5) is 0 Å². The Labute approximate surface area is 170 Å². The Kier molecular flexibility index (Phi) is 6.51. The van der Waals surface area contributed by atoms with Crippen molar-refractivity contribution in [3.8, 4) is 0 Å². The van der Waals surface area contributed by atoms with Crippen molar-refractivity contribution in [2.45, 2.75) is 25.3 Å². The first-order valence-corrected chi connectivity index (χ1v) is 10.9. The molecule has 0 aliphatic carbocycles. The molecule has 3 aromatic rings. The van der Waals surface area contributed by atoms with E-state index in [9.17, 15) is 13.2 Å². The summed E-state index contributed by atoms with van der Waals surface area (Å²) in [4.78, 5) is 12.3. The van der Waals surface area contributed by atoms with Gasteiger partial charge in [0.25, 0.3) is 0 Å². The van der Waals surface area contributed by atoms with Crippen LogP contribution < -0.4 is 5.32 Å². The lowest BCUT2D eigenvalue weighted by Gasteiger charge is -2.18. The predicted octanol–water partition coefficient (Wildman–Crippen LogP) is 3.79. The van der Waals surface area contributed by atoms with Gasteiger partial charge in [0.1, 0.15) is 11.3 Å². The minimum Gasteiger partial charge on any atom is -0.457 e. The molecule has 1 N–H and O–H groups in total. The SMILES string of the molecule is CCN(CC)S(=O)(=O)c1ccc(CNC(=O)/C=C/c2cc3ccccc3o2)cc1. The summed E-state index contributed by atoms with van der Waals surface area (Å²) in [5, 5.41) is 3.76. The first-order chi connectivity index (χ1) is 13.9. The molecular weight excluding hydrogens is 388 g/mol. The number of sulfonamides is 1. The molecule has 29 heavy (non-hydrogen) atoms. The normalized spacial score (nSPS) is 12.1. The van der Waals surface area contributed by atoms with Crippen LogP contribution in [0.5, 0.6) is 0 Å². The molecule has 1 aromatic heterocycles. The molecule has 0 aliphatic heterocycles. The van der Waals surface area contributed by atoms with Gasteiger partial charge in [0.15, 0.2) is 0 Å². The third kappa shape index (κ3) is 4.93. The van der Waals surface area contributed by atoms with E-state index in [0.29, 0.717) is 25.4 Å². The average Bonchev–Trinajstić information content (AvgIpc) is 3.15. The minimum absolute atomic E-state index is 0.251. The molecule has 0 fully saturated rings. The number of rotatable bonds is 8. The maximum Gasteiger partial charge on any atom is 0.244 e. The summed E-state index contributed by atoms with van der Waals surface area (Å²) < 4.78 is 32.0. The Morgan fingerprint density at radius 1 is 1.07 bits per heavy atom.